The highest BCUT2D eigenvalue weighted by atomic mass is 32.1. The number of rotatable bonds is 23. The summed E-state index contributed by atoms with van der Waals surface area (Å²) in [5, 5.41) is 1.25. The van der Waals surface area contributed by atoms with Gasteiger partial charge in [-0.15, -0.1) is 24.0 Å². The van der Waals surface area contributed by atoms with Gasteiger partial charge in [0, 0.05) is 30.7 Å². The van der Waals surface area contributed by atoms with E-state index in [4.69, 9.17) is 22.1 Å². The number of allylic oxidation sites excluding steroid dienone is 3. The number of methoxy groups -OCH3 is 1. The summed E-state index contributed by atoms with van der Waals surface area (Å²) in [6, 6.07) is 22.5. The fraction of sp³-hybridized carbons (Fsp3) is 0.464. The molecule has 3 aromatic carbocycles. The Morgan fingerprint density at radius 1 is 0.694 bits per heavy atom. The maximum atomic E-state index is 12.9. The van der Waals surface area contributed by atoms with E-state index in [0.717, 1.165) is 51.9 Å². The van der Waals surface area contributed by atoms with Crippen molar-refractivity contribution in [1.82, 2.24) is 0 Å². The highest BCUT2D eigenvalue weighted by molar-refractivity contribution is 7.90. The topological polar surface area (TPSA) is 52.6 Å². The van der Waals surface area contributed by atoms with Crippen molar-refractivity contribution < 1.29 is 19.1 Å². The first kappa shape index (κ1) is 50.5. The van der Waals surface area contributed by atoms with Gasteiger partial charge in [-0.3, -0.25) is 9.59 Å². The molecule has 0 saturated heterocycles. The molecule has 0 aliphatic heterocycles. The van der Waals surface area contributed by atoms with E-state index in [1.165, 1.54) is 97.9 Å². The van der Waals surface area contributed by atoms with Crippen LogP contribution >= 0.6 is 24.0 Å². The summed E-state index contributed by atoms with van der Waals surface area (Å²) in [4.78, 5) is 28.4. The number of aldehydes is 1. The van der Waals surface area contributed by atoms with Crippen LogP contribution in [0.25, 0.3) is 26.5 Å². The number of ether oxygens (including phenoxy) is 2. The molecule has 0 atom stereocenters. The summed E-state index contributed by atoms with van der Waals surface area (Å²) in [5.74, 6) is 0.859. The van der Waals surface area contributed by atoms with Gasteiger partial charge < -0.3 is 9.47 Å². The first-order valence-corrected chi connectivity index (χ1v) is 24.4. The lowest BCUT2D eigenvalue weighted by Gasteiger charge is -2.19. The molecule has 0 N–H and O–H groups in total. The van der Waals surface area contributed by atoms with E-state index in [1.807, 2.05) is 36.5 Å². The van der Waals surface area contributed by atoms with E-state index in [9.17, 15) is 9.59 Å². The average molecular weight is 875 g/mol. The molecule has 0 bridgehead atoms. The number of benzene rings is 3. The number of carbonyl (C=O) groups is 2. The van der Waals surface area contributed by atoms with Gasteiger partial charge in [-0.05, 0) is 101 Å². The van der Waals surface area contributed by atoms with Crippen LogP contribution in [0.3, 0.4) is 0 Å². The van der Waals surface area contributed by atoms with E-state index in [1.54, 1.807) is 13.2 Å². The van der Waals surface area contributed by atoms with Crippen molar-refractivity contribution in [2.45, 2.75) is 158 Å². The summed E-state index contributed by atoms with van der Waals surface area (Å²) in [6.45, 7) is 20.6. The van der Waals surface area contributed by atoms with Gasteiger partial charge in [0.2, 0.25) is 0 Å². The number of unbranched alkanes of at least 4 members (excludes halogenated alkanes) is 10. The zero-order valence-corrected chi connectivity index (χ0v) is 41.3. The van der Waals surface area contributed by atoms with Crippen LogP contribution in [0.5, 0.6) is 11.5 Å². The van der Waals surface area contributed by atoms with E-state index in [0.29, 0.717) is 34.0 Å². The molecule has 6 heteroatoms. The molecule has 0 aliphatic rings. The SMILES string of the molecule is CCCCCCCCC(/C=C(\S)c1ccc(/C(C)=c2\cc(OC)/c(=C(\C=O)c3ccc(-c4cc(CCCCCCCC)c(C(C)(C)C)s4)cc3)cc2OC=O)cc1)=C\C(C)(C)C. The molecule has 0 radical (unpaired) electrons. The smallest absolute Gasteiger partial charge is 0.298 e. The summed E-state index contributed by atoms with van der Waals surface area (Å²) < 4.78 is 11.5. The third-order valence-electron chi connectivity index (χ3n) is 11.4. The molecule has 0 amide bonds. The molecule has 4 aromatic rings. The number of hydrogen-bond acceptors (Lipinski definition) is 6. The Morgan fingerprint density at radius 3 is 1.82 bits per heavy atom. The fourth-order valence-electron chi connectivity index (χ4n) is 8.13. The van der Waals surface area contributed by atoms with Crippen LogP contribution in [0.1, 0.15) is 173 Å². The minimum absolute atomic E-state index is 0.0654. The molecule has 1 heterocycles. The predicted molar refractivity (Wildman–Crippen MR) is 270 cm³/mol. The van der Waals surface area contributed by atoms with Crippen molar-refractivity contribution in [3.8, 4) is 21.9 Å². The number of thiol groups is 1. The standard InChI is InChI=1S/C56H74O4S2/c1-11-13-15-17-19-21-23-41(37-55(4,5)6)33-52(61)44-29-25-42(26-30-44)40(3)47-35-50(59-10)48(36-51(47)60-39-58)49(38-57)43-27-31-45(32-28-43)53-34-46(54(62-53)56(7,8)9)24-22-20-18-16-14-12-2/h25-39,61H,11-24H2,1-10H3/b41-37+,47-40+,49-48+,52-33-. The Hall–Kier alpha value is -4.13. The third kappa shape index (κ3) is 15.0. The van der Waals surface area contributed by atoms with Gasteiger partial charge in [0.15, 0.2) is 6.29 Å². The molecular formula is C56H74O4S2. The number of thiophene rings is 1. The molecule has 0 saturated carbocycles. The zero-order chi connectivity index (χ0) is 45.3. The third-order valence-corrected chi connectivity index (χ3v) is 13.5. The van der Waals surface area contributed by atoms with Crippen LogP contribution in [0.15, 0.2) is 84.5 Å². The van der Waals surface area contributed by atoms with E-state index >= 15 is 0 Å². The van der Waals surface area contributed by atoms with Gasteiger partial charge in [0.1, 0.15) is 11.5 Å². The number of carbonyl (C=O) groups excluding carboxylic acids is 2. The molecule has 4 rings (SSSR count). The summed E-state index contributed by atoms with van der Waals surface area (Å²) in [5.41, 5.74) is 8.14. The highest BCUT2D eigenvalue weighted by Gasteiger charge is 2.22. The first-order chi connectivity index (χ1) is 29.6. The lowest BCUT2D eigenvalue weighted by molar-refractivity contribution is -0.120. The van der Waals surface area contributed by atoms with Crippen molar-refractivity contribution >= 4 is 52.8 Å². The summed E-state index contributed by atoms with van der Waals surface area (Å²) >= 11 is 6.84. The summed E-state index contributed by atoms with van der Waals surface area (Å²) in [6.07, 6.45) is 22.9. The molecule has 62 heavy (non-hydrogen) atoms. The normalized spacial score (nSPS) is 13.5. The molecule has 0 aliphatic carbocycles. The predicted octanol–water partition coefficient (Wildman–Crippen LogP) is 14.8. The van der Waals surface area contributed by atoms with Crippen molar-refractivity contribution in [1.29, 1.82) is 0 Å². The van der Waals surface area contributed by atoms with Crippen LogP contribution in [-0.2, 0) is 21.4 Å². The maximum absolute atomic E-state index is 12.9. The van der Waals surface area contributed by atoms with Gasteiger partial charge in [0.25, 0.3) is 6.47 Å². The molecular weight excluding hydrogens is 801 g/mol. The average Bonchev–Trinajstić information content (AvgIpc) is 3.68. The van der Waals surface area contributed by atoms with E-state index < -0.39 is 0 Å². The second-order valence-corrected chi connectivity index (χ2v) is 20.5. The van der Waals surface area contributed by atoms with Crippen molar-refractivity contribution in [3.63, 3.8) is 0 Å². The van der Waals surface area contributed by atoms with E-state index in [-0.39, 0.29) is 10.8 Å². The fourth-order valence-corrected chi connectivity index (χ4v) is 9.72. The largest absolute Gasteiger partial charge is 0.496 e. The molecule has 334 valence electrons. The first-order valence-electron chi connectivity index (χ1n) is 23.1. The minimum atomic E-state index is 0.0654. The van der Waals surface area contributed by atoms with Gasteiger partial charge >= 0.3 is 0 Å². The molecule has 0 spiro atoms. The van der Waals surface area contributed by atoms with Crippen molar-refractivity contribution in [2.75, 3.05) is 7.11 Å². The zero-order valence-electron chi connectivity index (χ0n) is 39.5. The lowest BCUT2D eigenvalue weighted by Crippen LogP contribution is -2.20. The van der Waals surface area contributed by atoms with E-state index in [2.05, 4.69) is 110 Å². The Kier molecular flexibility index (Phi) is 20.1. The van der Waals surface area contributed by atoms with Crippen LogP contribution in [0.4, 0.5) is 0 Å². The second-order valence-electron chi connectivity index (χ2n) is 18.9. The highest BCUT2D eigenvalue weighted by Crippen LogP contribution is 2.40. The molecule has 0 fully saturated rings. The Morgan fingerprint density at radius 2 is 1.26 bits per heavy atom. The van der Waals surface area contributed by atoms with Gasteiger partial charge in [-0.2, -0.15) is 0 Å². The van der Waals surface area contributed by atoms with Crippen LogP contribution in [-0.4, -0.2) is 19.9 Å². The molecule has 0 unspecified atom stereocenters. The monoisotopic (exact) mass is 875 g/mol. The Labute approximate surface area is 384 Å². The maximum Gasteiger partial charge on any atom is 0.298 e. The quantitative estimate of drug-likeness (QED) is 0.0349. The summed E-state index contributed by atoms with van der Waals surface area (Å²) in [7, 11) is 1.60. The Bertz CT molecular complexity index is 2240. The second kappa shape index (κ2) is 24.6. The number of hydrogen-bond donors (Lipinski definition) is 1. The molecule has 4 nitrogen and oxygen atoms in total. The van der Waals surface area contributed by atoms with Crippen molar-refractivity contribution in [3.05, 3.63) is 122 Å². The number of aryl methyl sites for hydroxylation is 1. The van der Waals surface area contributed by atoms with Gasteiger partial charge in [-0.1, -0.05) is 180 Å². The minimum Gasteiger partial charge on any atom is -0.496 e. The Balaban J connectivity index is 1.66. The van der Waals surface area contributed by atoms with Crippen molar-refractivity contribution in [2.24, 2.45) is 5.41 Å². The lowest BCUT2D eigenvalue weighted by atomic mass is 9.90. The van der Waals surface area contributed by atoms with Crippen LogP contribution in [0, 0.1) is 5.41 Å². The van der Waals surface area contributed by atoms with Gasteiger partial charge in [0.05, 0.1) is 7.11 Å². The van der Waals surface area contributed by atoms with Gasteiger partial charge in [-0.25, -0.2) is 0 Å². The van der Waals surface area contributed by atoms with Crippen LogP contribution in [0.2, 0.25) is 0 Å². The van der Waals surface area contributed by atoms with Crippen LogP contribution < -0.4 is 19.9 Å². The molecule has 1 aromatic heterocycles.